The van der Waals surface area contributed by atoms with Crippen LogP contribution in [0.1, 0.15) is 12.0 Å². The van der Waals surface area contributed by atoms with E-state index in [9.17, 15) is 9.59 Å². The minimum atomic E-state index is -0.139. The van der Waals surface area contributed by atoms with Crippen LogP contribution in [-0.2, 0) is 9.59 Å². The van der Waals surface area contributed by atoms with Gasteiger partial charge in [0.25, 0.3) is 0 Å². The molecule has 1 aromatic carbocycles. The average molecular weight is 413 g/mol. The number of anilines is 1. The standard InChI is InChI=1S/C16H15Br2NO2/c1-7-4-2-3-5-10(7)19-15(20)11-8-6-9(12(11)16(19)21)14(18)13(8)17/h2-5,8-9,11-14H,6H2,1H3/t8-,9+,11-,12-,13-,14+/m0/s1. The number of hydrogen-bond donors (Lipinski definition) is 0. The summed E-state index contributed by atoms with van der Waals surface area (Å²) in [5.41, 5.74) is 1.72. The van der Waals surface area contributed by atoms with E-state index in [0.717, 1.165) is 17.7 Å². The van der Waals surface area contributed by atoms with Crippen molar-refractivity contribution in [2.45, 2.75) is 23.0 Å². The van der Waals surface area contributed by atoms with E-state index in [0.29, 0.717) is 0 Å². The number of alkyl halides is 2. The van der Waals surface area contributed by atoms with Gasteiger partial charge in [-0.1, -0.05) is 50.1 Å². The SMILES string of the molecule is Cc1ccccc1N1C(=O)[C@H]2[C@@H]3C[C@@H]([C@@H](Br)[C@H]3Br)[C@@H]2C1=O. The predicted molar refractivity (Wildman–Crippen MR) is 87.7 cm³/mol. The van der Waals surface area contributed by atoms with Gasteiger partial charge in [0.15, 0.2) is 0 Å². The van der Waals surface area contributed by atoms with Gasteiger partial charge in [-0.15, -0.1) is 0 Å². The molecule has 0 spiro atoms. The lowest BCUT2D eigenvalue weighted by atomic mass is 9.81. The maximum atomic E-state index is 12.9. The number of imide groups is 1. The lowest BCUT2D eigenvalue weighted by molar-refractivity contribution is -0.123. The molecule has 1 aromatic rings. The van der Waals surface area contributed by atoms with E-state index in [-0.39, 0.29) is 45.1 Å². The third-order valence-corrected chi connectivity index (χ3v) is 8.55. The van der Waals surface area contributed by atoms with Crippen molar-refractivity contribution in [3.63, 3.8) is 0 Å². The van der Waals surface area contributed by atoms with Crippen LogP contribution in [0.5, 0.6) is 0 Å². The number of hydrogen-bond acceptors (Lipinski definition) is 2. The first kappa shape index (κ1) is 13.9. The number of amides is 2. The van der Waals surface area contributed by atoms with Crippen LogP contribution in [0.15, 0.2) is 24.3 Å². The Kier molecular flexibility index (Phi) is 3.09. The second-order valence-corrected chi connectivity index (χ2v) is 8.42. The van der Waals surface area contributed by atoms with Crippen LogP contribution in [0.25, 0.3) is 0 Å². The minimum absolute atomic E-state index is 0.00403. The summed E-state index contributed by atoms with van der Waals surface area (Å²) in [7, 11) is 0. The van der Waals surface area contributed by atoms with E-state index < -0.39 is 0 Å². The number of carbonyl (C=O) groups is 2. The first-order valence-corrected chi connectivity index (χ1v) is 9.07. The van der Waals surface area contributed by atoms with Gasteiger partial charge in [0.2, 0.25) is 11.8 Å². The van der Waals surface area contributed by atoms with Gasteiger partial charge in [-0.05, 0) is 36.8 Å². The van der Waals surface area contributed by atoms with Crippen molar-refractivity contribution >= 4 is 49.4 Å². The summed E-state index contributed by atoms with van der Waals surface area (Å²) in [5.74, 6) is 0.261. The quantitative estimate of drug-likeness (QED) is 0.524. The molecule has 2 amide bonds. The second kappa shape index (κ2) is 4.66. The molecule has 5 heteroatoms. The molecule has 0 aromatic heterocycles. The molecule has 1 aliphatic heterocycles. The van der Waals surface area contributed by atoms with Crippen LogP contribution in [-0.4, -0.2) is 21.5 Å². The highest BCUT2D eigenvalue weighted by molar-refractivity contribution is 9.12. The monoisotopic (exact) mass is 411 g/mol. The van der Waals surface area contributed by atoms with Crippen molar-refractivity contribution in [1.82, 2.24) is 0 Å². The zero-order chi connectivity index (χ0) is 14.9. The summed E-state index contributed by atoms with van der Waals surface area (Å²) in [6, 6.07) is 7.62. The lowest BCUT2D eigenvalue weighted by Gasteiger charge is -2.28. The first-order valence-electron chi connectivity index (χ1n) is 7.24. The molecule has 3 aliphatic rings. The zero-order valence-corrected chi connectivity index (χ0v) is 14.7. The van der Waals surface area contributed by atoms with Crippen LogP contribution in [0.2, 0.25) is 0 Å². The van der Waals surface area contributed by atoms with Gasteiger partial charge in [-0.2, -0.15) is 0 Å². The average Bonchev–Trinajstić information content (AvgIpc) is 3.06. The number of aryl methyl sites for hydroxylation is 1. The Labute approximate surface area is 140 Å². The van der Waals surface area contributed by atoms with Crippen molar-refractivity contribution in [2.24, 2.45) is 23.7 Å². The van der Waals surface area contributed by atoms with E-state index in [1.54, 1.807) is 0 Å². The Hall–Kier alpha value is -0.680. The number of nitrogens with zero attached hydrogens (tertiary/aromatic N) is 1. The molecule has 2 saturated carbocycles. The highest BCUT2D eigenvalue weighted by atomic mass is 79.9. The van der Waals surface area contributed by atoms with Crippen molar-refractivity contribution in [3.8, 4) is 0 Å². The lowest BCUT2D eigenvalue weighted by Crippen LogP contribution is -2.37. The number of carbonyl (C=O) groups excluding carboxylic acids is 2. The fraction of sp³-hybridized carbons (Fsp3) is 0.500. The fourth-order valence-corrected chi connectivity index (χ4v) is 6.27. The van der Waals surface area contributed by atoms with Gasteiger partial charge >= 0.3 is 0 Å². The molecule has 1 saturated heterocycles. The van der Waals surface area contributed by atoms with E-state index in [1.165, 1.54) is 4.90 Å². The normalized spacial score (nSPS) is 41.0. The highest BCUT2D eigenvalue weighted by Crippen LogP contribution is 2.60. The molecular formula is C16H15Br2NO2. The van der Waals surface area contributed by atoms with Crippen LogP contribution in [0, 0.1) is 30.6 Å². The molecule has 4 rings (SSSR count). The molecule has 0 N–H and O–H groups in total. The summed E-state index contributed by atoms with van der Waals surface area (Å²) < 4.78 is 0. The summed E-state index contributed by atoms with van der Waals surface area (Å²) in [6.07, 6.45) is 0.972. The van der Waals surface area contributed by atoms with E-state index in [1.807, 2.05) is 31.2 Å². The molecule has 3 fully saturated rings. The van der Waals surface area contributed by atoms with Crippen LogP contribution < -0.4 is 4.90 Å². The smallest absolute Gasteiger partial charge is 0.238 e. The predicted octanol–water partition coefficient (Wildman–Crippen LogP) is 3.28. The number of fused-ring (bicyclic) bond motifs is 5. The Morgan fingerprint density at radius 1 is 1.00 bits per heavy atom. The Bertz CT molecular complexity index is 615. The Balaban J connectivity index is 1.77. The zero-order valence-electron chi connectivity index (χ0n) is 11.5. The van der Waals surface area contributed by atoms with Crippen molar-refractivity contribution in [3.05, 3.63) is 29.8 Å². The number of rotatable bonds is 1. The van der Waals surface area contributed by atoms with Crippen molar-refractivity contribution < 1.29 is 9.59 Å². The summed E-state index contributed by atoms with van der Waals surface area (Å²) in [6.45, 7) is 1.94. The molecule has 21 heavy (non-hydrogen) atoms. The Morgan fingerprint density at radius 3 is 2.05 bits per heavy atom. The van der Waals surface area contributed by atoms with Gasteiger partial charge < -0.3 is 0 Å². The molecule has 0 unspecified atom stereocenters. The molecule has 1 heterocycles. The van der Waals surface area contributed by atoms with Gasteiger partial charge in [0.1, 0.15) is 0 Å². The summed E-state index contributed by atoms with van der Waals surface area (Å²) in [5, 5.41) is 0. The third kappa shape index (κ3) is 1.70. The largest absolute Gasteiger partial charge is 0.274 e. The number of para-hydroxylation sites is 1. The second-order valence-electron chi connectivity index (χ2n) is 6.30. The van der Waals surface area contributed by atoms with Gasteiger partial charge in [-0.3, -0.25) is 9.59 Å². The van der Waals surface area contributed by atoms with Gasteiger partial charge in [-0.25, -0.2) is 4.90 Å². The van der Waals surface area contributed by atoms with E-state index in [4.69, 9.17) is 0 Å². The van der Waals surface area contributed by atoms with Crippen LogP contribution >= 0.6 is 31.9 Å². The van der Waals surface area contributed by atoms with Gasteiger partial charge in [0, 0.05) is 9.65 Å². The summed E-state index contributed by atoms with van der Waals surface area (Å²) in [4.78, 5) is 27.7. The summed E-state index contributed by atoms with van der Waals surface area (Å²) >= 11 is 7.41. The minimum Gasteiger partial charge on any atom is -0.274 e. The van der Waals surface area contributed by atoms with E-state index in [2.05, 4.69) is 31.9 Å². The number of halogens is 2. The molecule has 6 atom stereocenters. The first-order chi connectivity index (χ1) is 10.0. The molecule has 0 radical (unpaired) electrons. The molecule has 3 nitrogen and oxygen atoms in total. The van der Waals surface area contributed by atoms with E-state index >= 15 is 0 Å². The number of benzene rings is 1. The fourth-order valence-electron chi connectivity index (χ4n) is 4.40. The van der Waals surface area contributed by atoms with Gasteiger partial charge in [0.05, 0.1) is 17.5 Å². The van der Waals surface area contributed by atoms with Crippen LogP contribution in [0.3, 0.4) is 0 Å². The molecular weight excluding hydrogens is 398 g/mol. The maximum absolute atomic E-state index is 12.9. The van der Waals surface area contributed by atoms with Crippen molar-refractivity contribution in [1.29, 1.82) is 0 Å². The third-order valence-electron chi connectivity index (χ3n) is 5.34. The highest BCUT2D eigenvalue weighted by Gasteiger charge is 2.66. The maximum Gasteiger partial charge on any atom is 0.238 e. The molecule has 2 aliphatic carbocycles. The molecule has 2 bridgehead atoms. The Morgan fingerprint density at radius 2 is 1.52 bits per heavy atom. The molecule has 110 valence electrons. The topological polar surface area (TPSA) is 37.4 Å². The van der Waals surface area contributed by atoms with Crippen molar-refractivity contribution in [2.75, 3.05) is 4.90 Å². The van der Waals surface area contributed by atoms with Crippen LogP contribution in [0.4, 0.5) is 5.69 Å².